The maximum absolute atomic E-state index is 8.63. The second-order valence-corrected chi connectivity index (χ2v) is 3.86. The summed E-state index contributed by atoms with van der Waals surface area (Å²) < 4.78 is 11.2. The Morgan fingerprint density at radius 2 is 2.25 bits per heavy atom. The quantitative estimate of drug-likeness (QED) is 0.683. The number of aromatic nitrogens is 1. The molecule has 2 rings (SSSR count). The van der Waals surface area contributed by atoms with Crippen LogP contribution in [0.25, 0.3) is 0 Å². The van der Waals surface area contributed by atoms with Crippen molar-refractivity contribution < 1.29 is 9.31 Å². The Balaban J connectivity index is 2.00. The summed E-state index contributed by atoms with van der Waals surface area (Å²) in [4.78, 5) is 3.99. The van der Waals surface area contributed by atoms with Crippen LogP contribution >= 0.6 is 0 Å². The van der Waals surface area contributed by atoms with Gasteiger partial charge >= 0.3 is 7.12 Å². The number of hydrogen-bond acceptors (Lipinski definition) is 4. The minimum atomic E-state index is -0.331. The Morgan fingerprint density at radius 3 is 2.75 bits per heavy atom. The van der Waals surface area contributed by atoms with Crippen LogP contribution in [0.3, 0.4) is 0 Å². The highest BCUT2D eigenvalue weighted by Gasteiger charge is 2.28. The first-order valence-corrected chi connectivity index (χ1v) is 5.42. The predicted octanol–water partition coefficient (Wildman–Crippen LogP) is 0.721. The SMILES string of the molecule is CCC1COB(c2ccc(C#N)nc2)OC1. The number of hydrogen-bond donors (Lipinski definition) is 0. The van der Waals surface area contributed by atoms with Gasteiger partial charge in [0.15, 0.2) is 0 Å². The molecule has 1 saturated heterocycles. The van der Waals surface area contributed by atoms with Crippen molar-refractivity contribution >= 4 is 12.6 Å². The zero-order chi connectivity index (χ0) is 11.4. The van der Waals surface area contributed by atoms with Crippen molar-refractivity contribution in [2.75, 3.05) is 13.2 Å². The van der Waals surface area contributed by atoms with E-state index < -0.39 is 0 Å². The molecule has 0 N–H and O–H groups in total. The first kappa shape index (κ1) is 11.1. The number of pyridine rings is 1. The highest BCUT2D eigenvalue weighted by molar-refractivity contribution is 6.61. The van der Waals surface area contributed by atoms with Crippen LogP contribution in [0, 0.1) is 17.2 Å². The fraction of sp³-hybridized carbons (Fsp3) is 0.455. The van der Waals surface area contributed by atoms with Crippen LogP contribution in [0.1, 0.15) is 19.0 Å². The lowest BCUT2D eigenvalue weighted by atomic mass is 9.78. The molecule has 0 aliphatic carbocycles. The smallest absolute Gasteiger partial charge is 0.407 e. The standard InChI is InChI=1S/C11H13BN2O2/c1-2-9-7-15-12(16-8-9)10-3-4-11(5-13)14-6-10/h3-4,6,9H,2,7-8H2,1H3. The third-order valence-corrected chi connectivity index (χ3v) is 2.72. The fourth-order valence-electron chi connectivity index (χ4n) is 1.58. The summed E-state index contributed by atoms with van der Waals surface area (Å²) in [6.45, 7) is 3.57. The van der Waals surface area contributed by atoms with E-state index >= 15 is 0 Å². The average Bonchev–Trinajstić information content (AvgIpc) is 2.39. The molecular weight excluding hydrogens is 203 g/mol. The van der Waals surface area contributed by atoms with Gasteiger partial charge in [0.2, 0.25) is 0 Å². The van der Waals surface area contributed by atoms with Gasteiger partial charge in [-0.2, -0.15) is 5.26 Å². The number of nitrogens with zero attached hydrogens (tertiary/aromatic N) is 2. The van der Waals surface area contributed by atoms with Gasteiger partial charge in [0.05, 0.1) is 0 Å². The maximum atomic E-state index is 8.63. The van der Waals surface area contributed by atoms with E-state index in [2.05, 4.69) is 11.9 Å². The molecule has 0 atom stereocenters. The van der Waals surface area contributed by atoms with Crippen molar-refractivity contribution in [2.24, 2.45) is 5.92 Å². The number of rotatable bonds is 2. The largest absolute Gasteiger partial charge is 0.495 e. The molecule has 0 saturated carbocycles. The van der Waals surface area contributed by atoms with E-state index in [9.17, 15) is 0 Å². The molecule has 1 aromatic rings. The van der Waals surface area contributed by atoms with Crippen LogP contribution in [0.15, 0.2) is 18.3 Å². The summed E-state index contributed by atoms with van der Waals surface area (Å²) in [7, 11) is -0.331. The molecule has 0 spiro atoms. The van der Waals surface area contributed by atoms with Gasteiger partial charge < -0.3 is 9.31 Å². The Bertz CT molecular complexity index is 380. The average molecular weight is 216 g/mol. The molecule has 0 radical (unpaired) electrons. The van der Waals surface area contributed by atoms with Crippen LogP contribution in [0.4, 0.5) is 0 Å². The molecule has 0 aromatic carbocycles. The van der Waals surface area contributed by atoms with Gasteiger partial charge in [0.1, 0.15) is 11.8 Å². The zero-order valence-corrected chi connectivity index (χ0v) is 9.22. The molecule has 1 fully saturated rings. The Kier molecular flexibility index (Phi) is 3.55. The van der Waals surface area contributed by atoms with Gasteiger partial charge in [-0.05, 0) is 12.5 Å². The minimum Gasteiger partial charge on any atom is -0.407 e. The van der Waals surface area contributed by atoms with Crippen LogP contribution in [-0.2, 0) is 9.31 Å². The molecule has 5 heteroatoms. The van der Waals surface area contributed by atoms with Crippen LogP contribution in [0.2, 0.25) is 0 Å². The summed E-state index contributed by atoms with van der Waals surface area (Å²) in [5, 5.41) is 8.63. The predicted molar refractivity (Wildman–Crippen MR) is 60.0 cm³/mol. The van der Waals surface area contributed by atoms with Crippen molar-refractivity contribution in [1.29, 1.82) is 5.26 Å². The summed E-state index contributed by atoms with van der Waals surface area (Å²) in [6.07, 6.45) is 2.70. The third-order valence-electron chi connectivity index (χ3n) is 2.72. The van der Waals surface area contributed by atoms with E-state index in [0.717, 1.165) is 25.1 Å². The Labute approximate surface area is 95.3 Å². The van der Waals surface area contributed by atoms with Gasteiger partial charge in [0.25, 0.3) is 0 Å². The van der Waals surface area contributed by atoms with Gasteiger partial charge in [-0.25, -0.2) is 4.98 Å². The second-order valence-electron chi connectivity index (χ2n) is 3.86. The Hall–Kier alpha value is -1.38. The normalized spacial score (nSPS) is 17.1. The molecule has 0 unspecified atom stereocenters. The topological polar surface area (TPSA) is 55.1 Å². The molecule has 82 valence electrons. The van der Waals surface area contributed by atoms with Crippen molar-refractivity contribution in [1.82, 2.24) is 4.98 Å². The molecule has 1 aliphatic heterocycles. The van der Waals surface area contributed by atoms with Gasteiger partial charge in [-0.1, -0.05) is 13.0 Å². The molecular formula is C11H13BN2O2. The molecule has 0 amide bonds. The van der Waals surface area contributed by atoms with E-state index in [-0.39, 0.29) is 7.12 Å². The highest BCUT2D eigenvalue weighted by atomic mass is 16.6. The van der Waals surface area contributed by atoms with Crippen molar-refractivity contribution in [3.63, 3.8) is 0 Å². The third kappa shape index (κ3) is 2.41. The van der Waals surface area contributed by atoms with Gasteiger partial charge in [-0.3, -0.25) is 0 Å². The molecule has 1 aromatic heterocycles. The minimum absolute atomic E-state index is 0.331. The van der Waals surface area contributed by atoms with E-state index in [1.54, 1.807) is 12.3 Å². The molecule has 2 heterocycles. The Morgan fingerprint density at radius 1 is 1.50 bits per heavy atom. The van der Waals surface area contributed by atoms with Crippen LogP contribution in [0.5, 0.6) is 0 Å². The van der Waals surface area contributed by atoms with E-state index in [0.29, 0.717) is 11.6 Å². The highest BCUT2D eigenvalue weighted by Crippen LogP contribution is 2.11. The van der Waals surface area contributed by atoms with Crippen LogP contribution < -0.4 is 5.46 Å². The van der Waals surface area contributed by atoms with Crippen molar-refractivity contribution in [3.8, 4) is 6.07 Å². The summed E-state index contributed by atoms with van der Waals surface area (Å²) in [6, 6.07) is 5.48. The molecule has 1 aliphatic rings. The zero-order valence-electron chi connectivity index (χ0n) is 9.22. The number of nitriles is 1. The van der Waals surface area contributed by atoms with E-state index in [1.807, 2.05) is 12.1 Å². The van der Waals surface area contributed by atoms with Crippen molar-refractivity contribution in [2.45, 2.75) is 13.3 Å². The van der Waals surface area contributed by atoms with Crippen LogP contribution in [-0.4, -0.2) is 25.3 Å². The lowest BCUT2D eigenvalue weighted by Crippen LogP contribution is -2.44. The van der Waals surface area contributed by atoms with Gasteiger partial charge in [0, 0.05) is 30.8 Å². The van der Waals surface area contributed by atoms with Gasteiger partial charge in [-0.15, -0.1) is 0 Å². The summed E-state index contributed by atoms with van der Waals surface area (Å²) in [5.41, 5.74) is 1.28. The first-order valence-electron chi connectivity index (χ1n) is 5.42. The van der Waals surface area contributed by atoms with E-state index in [1.165, 1.54) is 0 Å². The summed E-state index contributed by atoms with van der Waals surface area (Å²) in [5.74, 6) is 0.489. The molecule has 0 bridgehead atoms. The summed E-state index contributed by atoms with van der Waals surface area (Å²) >= 11 is 0. The molecule has 4 nitrogen and oxygen atoms in total. The second kappa shape index (κ2) is 5.11. The van der Waals surface area contributed by atoms with Crippen molar-refractivity contribution in [3.05, 3.63) is 24.0 Å². The lowest BCUT2D eigenvalue weighted by molar-refractivity contribution is 0.0850. The lowest BCUT2D eigenvalue weighted by Gasteiger charge is -2.26. The maximum Gasteiger partial charge on any atom is 0.495 e. The molecule has 16 heavy (non-hydrogen) atoms. The fourth-order valence-corrected chi connectivity index (χ4v) is 1.58. The van der Waals surface area contributed by atoms with E-state index in [4.69, 9.17) is 14.6 Å². The monoisotopic (exact) mass is 216 g/mol. The first-order chi connectivity index (χ1) is 7.83.